The summed E-state index contributed by atoms with van der Waals surface area (Å²) in [5.41, 5.74) is 15.8. The quantitative estimate of drug-likeness (QED) is 0.208. The topological polar surface area (TPSA) is 86.2 Å². The van der Waals surface area contributed by atoms with Crippen molar-refractivity contribution >= 4 is 66.0 Å². The van der Waals surface area contributed by atoms with Gasteiger partial charge in [-0.3, -0.25) is 0 Å². The van der Waals surface area contributed by atoms with Gasteiger partial charge in [0.15, 0.2) is 0 Å². The van der Waals surface area contributed by atoms with Gasteiger partial charge >= 0.3 is 0 Å². The first kappa shape index (κ1) is 25.3. The van der Waals surface area contributed by atoms with Crippen molar-refractivity contribution in [1.29, 1.82) is 0 Å². The summed E-state index contributed by atoms with van der Waals surface area (Å²) < 4.78 is 29.5. The van der Waals surface area contributed by atoms with Gasteiger partial charge in [0.25, 0.3) is 0 Å². The van der Waals surface area contributed by atoms with Crippen molar-refractivity contribution in [1.82, 2.24) is 0 Å². The Bertz CT molecular complexity index is 1900. The van der Waals surface area contributed by atoms with Crippen LogP contribution in [0.2, 0.25) is 10.0 Å². The number of rotatable bonds is 4. The number of nitrogen functional groups attached to an aromatic ring is 2. The predicted molar refractivity (Wildman–Crippen MR) is 163 cm³/mol. The third-order valence-corrected chi connectivity index (χ3v) is 9.24. The van der Waals surface area contributed by atoms with Crippen LogP contribution in [-0.4, -0.2) is 8.42 Å². The zero-order valence-corrected chi connectivity index (χ0v) is 22.9. The van der Waals surface area contributed by atoms with Crippen molar-refractivity contribution in [2.45, 2.75) is 9.79 Å². The van der Waals surface area contributed by atoms with Gasteiger partial charge in [-0.25, -0.2) is 8.42 Å². The second-order valence-electron chi connectivity index (χ2n) is 9.29. The number of hydrogen-bond acceptors (Lipinski definition) is 4. The van der Waals surface area contributed by atoms with Crippen LogP contribution < -0.4 is 11.5 Å². The Balaban J connectivity index is 1.73. The first-order valence-electron chi connectivity index (χ1n) is 12.1. The van der Waals surface area contributed by atoms with Gasteiger partial charge in [-0.15, -0.1) is 0 Å². The standard InChI is InChI=1S/C32H22Cl2N2O2S/c33-21-11-13-25(27(35)17-21)31-23-7-3-1-5-19(23)9-15-29(31)39(37,38)30-16-10-20-6-2-4-8-24(20)32(30)26-14-12-22(34)18-28(26)36/h1-18H,35-36H2. The van der Waals surface area contributed by atoms with Crippen LogP contribution in [0.15, 0.2) is 119 Å². The molecule has 6 rings (SSSR count). The van der Waals surface area contributed by atoms with Crippen LogP contribution >= 0.6 is 23.2 Å². The molecule has 4 N–H and O–H groups in total. The Morgan fingerprint density at radius 2 is 0.923 bits per heavy atom. The van der Waals surface area contributed by atoms with E-state index in [9.17, 15) is 8.42 Å². The Kier molecular flexibility index (Phi) is 6.23. The minimum absolute atomic E-state index is 0.138. The summed E-state index contributed by atoms with van der Waals surface area (Å²) in [7, 11) is -4.11. The average Bonchev–Trinajstić information content (AvgIpc) is 2.92. The predicted octanol–water partition coefficient (Wildman–Crippen LogP) is 8.63. The molecule has 0 atom stereocenters. The molecule has 0 saturated heterocycles. The van der Waals surface area contributed by atoms with E-state index in [0.29, 0.717) is 43.7 Å². The normalized spacial score (nSPS) is 11.7. The van der Waals surface area contributed by atoms with E-state index in [2.05, 4.69) is 0 Å². The number of anilines is 2. The summed E-state index contributed by atoms with van der Waals surface area (Å²) >= 11 is 12.4. The van der Waals surface area contributed by atoms with E-state index >= 15 is 0 Å². The first-order chi connectivity index (χ1) is 18.8. The van der Waals surface area contributed by atoms with Crippen LogP contribution in [0.25, 0.3) is 43.8 Å². The van der Waals surface area contributed by atoms with E-state index in [-0.39, 0.29) is 9.79 Å². The summed E-state index contributed by atoms with van der Waals surface area (Å²) in [5.74, 6) is 0. The lowest BCUT2D eigenvalue weighted by molar-refractivity contribution is 0.597. The molecule has 0 fully saturated rings. The van der Waals surface area contributed by atoms with E-state index in [1.807, 2.05) is 60.7 Å². The molecule has 39 heavy (non-hydrogen) atoms. The largest absolute Gasteiger partial charge is 0.398 e. The van der Waals surface area contributed by atoms with Crippen LogP contribution in [0.4, 0.5) is 11.4 Å². The third kappa shape index (κ3) is 4.29. The number of benzene rings is 6. The monoisotopic (exact) mass is 568 g/mol. The SMILES string of the molecule is Nc1cc(Cl)ccc1-c1c(S(=O)(=O)c2ccc3ccccc3c2-c2ccc(Cl)cc2N)ccc2ccccc12. The fraction of sp³-hybridized carbons (Fsp3) is 0. The fourth-order valence-electron chi connectivity index (χ4n) is 5.15. The van der Waals surface area contributed by atoms with Crippen LogP contribution in [0.5, 0.6) is 0 Å². The van der Waals surface area contributed by atoms with Gasteiger partial charge in [-0.2, -0.15) is 0 Å². The molecule has 0 bridgehead atoms. The first-order valence-corrected chi connectivity index (χ1v) is 14.4. The minimum atomic E-state index is -4.11. The zero-order valence-electron chi connectivity index (χ0n) is 20.5. The van der Waals surface area contributed by atoms with Gasteiger partial charge in [-0.05, 0) is 57.9 Å². The third-order valence-electron chi connectivity index (χ3n) is 6.93. The lowest BCUT2D eigenvalue weighted by Crippen LogP contribution is -2.08. The number of sulfone groups is 1. The maximum absolute atomic E-state index is 14.7. The molecule has 4 nitrogen and oxygen atoms in total. The molecular formula is C32H22Cl2N2O2S. The van der Waals surface area contributed by atoms with Gasteiger partial charge in [0, 0.05) is 43.7 Å². The number of nitrogens with two attached hydrogens (primary N) is 2. The molecule has 0 saturated carbocycles. The van der Waals surface area contributed by atoms with E-state index < -0.39 is 9.84 Å². The van der Waals surface area contributed by atoms with Crippen LogP contribution in [0.1, 0.15) is 0 Å². The zero-order chi connectivity index (χ0) is 27.3. The molecule has 6 aromatic carbocycles. The van der Waals surface area contributed by atoms with E-state index in [0.717, 1.165) is 21.5 Å². The molecule has 0 heterocycles. The average molecular weight is 570 g/mol. The molecule has 0 aliphatic heterocycles. The van der Waals surface area contributed by atoms with Crippen LogP contribution in [0.3, 0.4) is 0 Å². The fourth-order valence-corrected chi connectivity index (χ4v) is 7.22. The summed E-state index contributed by atoms with van der Waals surface area (Å²) in [6.45, 7) is 0. The highest BCUT2D eigenvalue weighted by Gasteiger charge is 2.29. The van der Waals surface area contributed by atoms with Crippen LogP contribution in [-0.2, 0) is 9.84 Å². The summed E-state index contributed by atoms with van der Waals surface area (Å²) in [6, 6.07) is 32.4. The molecule has 0 aliphatic rings. The maximum Gasteiger partial charge on any atom is 0.207 e. The molecule has 0 amide bonds. The van der Waals surface area contributed by atoms with Crippen molar-refractivity contribution < 1.29 is 8.42 Å². The smallest absolute Gasteiger partial charge is 0.207 e. The van der Waals surface area contributed by atoms with Crippen molar-refractivity contribution in [3.63, 3.8) is 0 Å². The highest BCUT2D eigenvalue weighted by atomic mass is 35.5. The lowest BCUT2D eigenvalue weighted by Gasteiger charge is -2.19. The molecular weight excluding hydrogens is 547 g/mol. The Morgan fingerprint density at radius 3 is 1.33 bits per heavy atom. The summed E-state index contributed by atoms with van der Waals surface area (Å²) in [6.07, 6.45) is 0. The van der Waals surface area contributed by atoms with Gasteiger partial charge < -0.3 is 11.5 Å². The van der Waals surface area contributed by atoms with Crippen molar-refractivity contribution in [2.75, 3.05) is 11.5 Å². The van der Waals surface area contributed by atoms with Gasteiger partial charge in [0.05, 0.1) is 9.79 Å². The molecule has 0 aromatic heterocycles. The number of hydrogen-bond donors (Lipinski definition) is 2. The van der Waals surface area contributed by atoms with Gasteiger partial charge in [0.2, 0.25) is 9.84 Å². The Hall–Kier alpha value is -4.03. The highest BCUT2D eigenvalue weighted by molar-refractivity contribution is 7.91. The van der Waals surface area contributed by atoms with Crippen molar-refractivity contribution in [3.05, 3.63) is 119 Å². The van der Waals surface area contributed by atoms with Crippen molar-refractivity contribution in [2.24, 2.45) is 0 Å². The molecule has 7 heteroatoms. The molecule has 0 radical (unpaired) electrons. The summed E-state index contributed by atoms with van der Waals surface area (Å²) in [4.78, 5) is 0.276. The van der Waals surface area contributed by atoms with Crippen molar-refractivity contribution in [3.8, 4) is 22.3 Å². The van der Waals surface area contributed by atoms with E-state index in [1.165, 1.54) is 0 Å². The lowest BCUT2D eigenvalue weighted by atomic mass is 9.97. The minimum Gasteiger partial charge on any atom is -0.398 e. The number of halogens is 2. The molecule has 0 unspecified atom stereocenters. The molecule has 192 valence electrons. The maximum atomic E-state index is 14.7. The van der Waals surface area contributed by atoms with Gasteiger partial charge in [-0.1, -0.05) is 96.0 Å². The molecule has 6 aromatic rings. The van der Waals surface area contributed by atoms with Crippen LogP contribution in [0, 0.1) is 0 Å². The number of fused-ring (bicyclic) bond motifs is 2. The summed E-state index contributed by atoms with van der Waals surface area (Å²) in [5, 5.41) is 4.25. The van der Waals surface area contributed by atoms with E-state index in [4.69, 9.17) is 34.7 Å². The second kappa shape index (κ2) is 9.62. The Labute approximate surface area is 236 Å². The molecule has 0 aliphatic carbocycles. The van der Waals surface area contributed by atoms with E-state index in [1.54, 1.807) is 48.5 Å². The van der Waals surface area contributed by atoms with Gasteiger partial charge in [0.1, 0.15) is 0 Å². The Morgan fingerprint density at radius 1 is 0.513 bits per heavy atom. The highest BCUT2D eigenvalue weighted by Crippen LogP contribution is 2.45. The molecule has 0 spiro atoms. The second-order valence-corrected chi connectivity index (χ2v) is 12.0.